The molecule has 0 N–H and O–H groups in total. The smallest absolute Gasteiger partial charge is 0.128 e. The Labute approximate surface area is 90.3 Å². The molecule has 2 heteroatoms. The molecule has 15 heavy (non-hydrogen) atoms. The van der Waals surface area contributed by atoms with Gasteiger partial charge >= 0.3 is 0 Å². The Morgan fingerprint density at radius 1 is 1.27 bits per heavy atom. The number of aldehydes is 1. The maximum absolute atomic E-state index is 10.9. The van der Waals surface area contributed by atoms with Crippen molar-refractivity contribution < 1.29 is 9.53 Å². The highest BCUT2D eigenvalue weighted by molar-refractivity contribution is 5.61. The number of hydrogen-bond acceptors (Lipinski definition) is 2. The molecule has 2 rings (SSSR count). The summed E-state index contributed by atoms with van der Waals surface area (Å²) in [5.74, 6) is 0. The van der Waals surface area contributed by atoms with Crippen LogP contribution in [0.1, 0.15) is 24.8 Å². The summed E-state index contributed by atoms with van der Waals surface area (Å²) in [5.41, 5.74) is 1.01. The van der Waals surface area contributed by atoms with Gasteiger partial charge in [-0.3, -0.25) is 0 Å². The molecule has 0 aromatic heterocycles. The van der Waals surface area contributed by atoms with Crippen LogP contribution in [0.4, 0.5) is 0 Å². The second-order valence-corrected chi connectivity index (χ2v) is 4.31. The molecule has 0 amide bonds. The molecule has 0 heterocycles. The minimum atomic E-state index is -0.158. The lowest BCUT2D eigenvalue weighted by molar-refractivity contribution is -0.126. The summed E-state index contributed by atoms with van der Waals surface area (Å²) in [6, 6.07) is 10.1. The molecular formula is C13H16O2. The molecule has 0 atom stereocenters. The van der Waals surface area contributed by atoms with E-state index < -0.39 is 0 Å². The molecule has 1 aromatic carbocycles. The Kier molecular flexibility index (Phi) is 3.17. The third-order valence-electron chi connectivity index (χ3n) is 3.10. The highest BCUT2D eigenvalue weighted by Crippen LogP contribution is 2.39. The van der Waals surface area contributed by atoms with E-state index in [2.05, 4.69) is 0 Å². The van der Waals surface area contributed by atoms with Gasteiger partial charge in [-0.1, -0.05) is 36.8 Å². The van der Waals surface area contributed by atoms with Crippen LogP contribution in [0.3, 0.4) is 0 Å². The lowest BCUT2D eigenvalue weighted by Crippen LogP contribution is -2.35. The fourth-order valence-corrected chi connectivity index (χ4v) is 1.87. The Bertz CT molecular complexity index is 315. The van der Waals surface area contributed by atoms with Crippen LogP contribution in [0, 0.1) is 5.41 Å². The van der Waals surface area contributed by atoms with Gasteiger partial charge in [-0.05, 0) is 18.4 Å². The third kappa shape index (κ3) is 2.45. The van der Waals surface area contributed by atoms with Crippen molar-refractivity contribution in [1.29, 1.82) is 0 Å². The molecule has 0 unspecified atom stereocenters. The first-order valence-corrected chi connectivity index (χ1v) is 5.43. The number of carbonyl (C=O) groups is 1. The highest BCUT2D eigenvalue weighted by atomic mass is 16.5. The number of benzene rings is 1. The summed E-state index contributed by atoms with van der Waals surface area (Å²) < 4.78 is 5.59. The summed E-state index contributed by atoms with van der Waals surface area (Å²) in [6.45, 7) is 1.18. The van der Waals surface area contributed by atoms with Crippen LogP contribution in [0.5, 0.6) is 0 Å². The van der Waals surface area contributed by atoms with E-state index in [4.69, 9.17) is 4.74 Å². The second-order valence-electron chi connectivity index (χ2n) is 4.31. The Morgan fingerprint density at radius 2 is 2.00 bits per heavy atom. The number of ether oxygens (including phenoxy) is 1. The van der Waals surface area contributed by atoms with Crippen molar-refractivity contribution in [1.82, 2.24) is 0 Å². The number of carbonyl (C=O) groups excluding carboxylic acids is 1. The Morgan fingerprint density at radius 3 is 2.53 bits per heavy atom. The van der Waals surface area contributed by atoms with Crippen molar-refractivity contribution in [2.75, 3.05) is 6.61 Å². The van der Waals surface area contributed by atoms with E-state index in [1.807, 2.05) is 30.3 Å². The lowest BCUT2D eigenvalue weighted by atomic mass is 9.71. The van der Waals surface area contributed by atoms with Crippen LogP contribution in [0.2, 0.25) is 0 Å². The molecule has 1 aliphatic carbocycles. The first-order valence-electron chi connectivity index (χ1n) is 5.43. The van der Waals surface area contributed by atoms with E-state index in [1.54, 1.807) is 0 Å². The van der Waals surface area contributed by atoms with Crippen molar-refractivity contribution in [2.24, 2.45) is 5.41 Å². The van der Waals surface area contributed by atoms with E-state index in [0.717, 1.165) is 31.1 Å². The fraction of sp³-hybridized carbons (Fsp3) is 0.462. The number of rotatable bonds is 5. The van der Waals surface area contributed by atoms with Crippen LogP contribution >= 0.6 is 0 Å². The molecule has 2 nitrogen and oxygen atoms in total. The first-order chi connectivity index (χ1) is 7.35. The quantitative estimate of drug-likeness (QED) is 0.689. The largest absolute Gasteiger partial charge is 0.376 e. The van der Waals surface area contributed by atoms with E-state index in [9.17, 15) is 4.79 Å². The average molecular weight is 204 g/mol. The third-order valence-corrected chi connectivity index (χ3v) is 3.10. The predicted molar refractivity (Wildman–Crippen MR) is 58.4 cm³/mol. The van der Waals surface area contributed by atoms with Gasteiger partial charge < -0.3 is 9.53 Å². The molecule has 1 saturated carbocycles. The zero-order valence-electron chi connectivity index (χ0n) is 8.82. The Hall–Kier alpha value is -1.15. The lowest BCUT2D eigenvalue weighted by Gasteiger charge is -2.36. The minimum absolute atomic E-state index is 0.158. The standard InChI is InChI=1S/C13H16O2/c14-10-13(7-4-8-13)11-15-9-12-5-2-1-3-6-12/h1-3,5-6,10H,4,7-9,11H2. The van der Waals surface area contributed by atoms with Gasteiger partial charge in [-0.25, -0.2) is 0 Å². The Balaban J connectivity index is 1.77. The van der Waals surface area contributed by atoms with Gasteiger partial charge in [0, 0.05) is 5.41 Å². The van der Waals surface area contributed by atoms with Crippen molar-refractivity contribution in [3.63, 3.8) is 0 Å². The SMILES string of the molecule is O=CC1(COCc2ccccc2)CCC1. The molecule has 0 radical (unpaired) electrons. The second kappa shape index (κ2) is 4.58. The van der Waals surface area contributed by atoms with E-state index in [-0.39, 0.29) is 5.41 Å². The maximum atomic E-state index is 10.9. The molecule has 0 aliphatic heterocycles. The molecular weight excluding hydrogens is 188 g/mol. The zero-order valence-corrected chi connectivity index (χ0v) is 8.82. The van der Waals surface area contributed by atoms with E-state index in [1.165, 1.54) is 0 Å². The summed E-state index contributed by atoms with van der Waals surface area (Å²) in [6.07, 6.45) is 4.21. The van der Waals surface area contributed by atoms with Crippen LogP contribution in [-0.4, -0.2) is 12.9 Å². The van der Waals surface area contributed by atoms with Crippen LogP contribution in [0.15, 0.2) is 30.3 Å². The zero-order chi connectivity index (χ0) is 10.6. The monoisotopic (exact) mass is 204 g/mol. The average Bonchev–Trinajstić information content (AvgIpc) is 2.24. The highest BCUT2D eigenvalue weighted by Gasteiger charge is 2.36. The van der Waals surface area contributed by atoms with Gasteiger partial charge in [-0.2, -0.15) is 0 Å². The topological polar surface area (TPSA) is 26.3 Å². The summed E-state index contributed by atoms with van der Waals surface area (Å²) in [7, 11) is 0. The van der Waals surface area contributed by atoms with Crippen molar-refractivity contribution in [2.45, 2.75) is 25.9 Å². The van der Waals surface area contributed by atoms with Gasteiger partial charge in [0.1, 0.15) is 6.29 Å². The maximum Gasteiger partial charge on any atom is 0.128 e. The van der Waals surface area contributed by atoms with Gasteiger partial charge in [0.25, 0.3) is 0 Å². The van der Waals surface area contributed by atoms with Crippen LogP contribution < -0.4 is 0 Å². The minimum Gasteiger partial charge on any atom is -0.376 e. The predicted octanol–water partition coefficient (Wildman–Crippen LogP) is 2.57. The molecule has 80 valence electrons. The van der Waals surface area contributed by atoms with Gasteiger partial charge in [0.05, 0.1) is 13.2 Å². The van der Waals surface area contributed by atoms with Crippen molar-refractivity contribution in [3.05, 3.63) is 35.9 Å². The van der Waals surface area contributed by atoms with Gasteiger partial charge in [0.15, 0.2) is 0 Å². The molecule has 0 bridgehead atoms. The molecule has 1 fully saturated rings. The molecule has 1 aliphatic rings. The van der Waals surface area contributed by atoms with E-state index in [0.29, 0.717) is 13.2 Å². The summed E-state index contributed by atoms with van der Waals surface area (Å²) in [4.78, 5) is 10.9. The molecule has 0 saturated heterocycles. The summed E-state index contributed by atoms with van der Waals surface area (Å²) >= 11 is 0. The molecule has 1 aromatic rings. The normalized spacial score (nSPS) is 18.1. The van der Waals surface area contributed by atoms with Crippen LogP contribution in [-0.2, 0) is 16.1 Å². The first kappa shape index (κ1) is 10.4. The van der Waals surface area contributed by atoms with Gasteiger partial charge in [-0.15, -0.1) is 0 Å². The van der Waals surface area contributed by atoms with E-state index >= 15 is 0 Å². The van der Waals surface area contributed by atoms with Crippen LogP contribution in [0.25, 0.3) is 0 Å². The molecule has 0 spiro atoms. The fourth-order valence-electron chi connectivity index (χ4n) is 1.87. The van der Waals surface area contributed by atoms with Crippen molar-refractivity contribution in [3.8, 4) is 0 Å². The van der Waals surface area contributed by atoms with Crippen molar-refractivity contribution >= 4 is 6.29 Å². The van der Waals surface area contributed by atoms with Gasteiger partial charge in [0.2, 0.25) is 0 Å². The summed E-state index contributed by atoms with van der Waals surface area (Å²) in [5, 5.41) is 0. The number of hydrogen-bond donors (Lipinski definition) is 0.